The van der Waals surface area contributed by atoms with Gasteiger partial charge in [0.25, 0.3) is 0 Å². The Balaban J connectivity index is 1.74. The third-order valence-electron chi connectivity index (χ3n) is 3.76. The third-order valence-corrected chi connectivity index (χ3v) is 4.05. The molecule has 0 saturated heterocycles. The van der Waals surface area contributed by atoms with E-state index in [1.807, 2.05) is 42.5 Å². The fourth-order valence-corrected chi connectivity index (χ4v) is 2.52. The lowest BCUT2D eigenvalue weighted by molar-refractivity contribution is 0.354. The van der Waals surface area contributed by atoms with E-state index in [4.69, 9.17) is 26.4 Å². The summed E-state index contributed by atoms with van der Waals surface area (Å²) in [4.78, 5) is 0. The van der Waals surface area contributed by atoms with Gasteiger partial charge in [-0.2, -0.15) is 0 Å². The minimum Gasteiger partial charge on any atom is -0.497 e. The molecule has 134 valence electrons. The zero-order valence-corrected chi connectivity index (χ0v) is 15.6. The first-order valence-electron chi connectivity index (χ1n) is 8.01. The van der Waals surface area contributed by atoms with Gasteiger partial charge in [0, 0.05) is 13.1 Å². The van der Waals surface area contributed by atoms with E-state index >= 15 is 0 Å². The molecule has 2 aromatic carbocycles. The summed E-state index contributed by atoms with van der Waals surface area (Å²) in [6, 6.07) is 13.8. The molecule has 0 aromatic heterocycles. The number of methoxy groups -OCH3 is 3. The van der Waals surface area contributed by atoms with Crippen molar-refractivity contribution >= 4 is 17.3 Å². The number of hydrogen-bond donors (Lipinski definition) is 2. The van der Waals surface area contributed by atoms with Crippen molar-refractivity contribution in [3.63, 3.8) is 0 Å². The fraction of sp³-hybridized carbons (Fsp3) is 0.316. The van der Waals surface area contributed by atoms with Crippen LogP contribution in [0.1, 0.15) is 11.1 Å². The average molecular weight is 360 g/mol. The van der Waals surface area contributed by atoms with E-state index in [1.165, 1.54) is 0 Å². The lowest BCUT2D eigenvalue weighted by Crippen LogP contribution is -2.35. The summed E-state index contributed by atoms with van der Waals surface area (Å²) < 4.78 is 15.7. The van der Waals surface area contributed by atoms with Crippen molar-refractivity contribution in [3.05, 3.63) is 53.6 Å². The molecule has 0 spiro atoms. The van der Waals surface area contributed by atoms with Gasteiger partial charge in [0.05, 0.1) is 21.3 Å². The molecule has 0 saturated carbocycles. The van der Waals surface area contributed by atoms with Crippen molar-refractivity contribution < 1.29 is 14.2 Å². The van der Waals surface area contributed by atoms with Crippen LogP contribution in [0, 0.1) is 0 Å². The third kappa shape index (κ3) is 5.83. The Labute approximate surface area is 154 Å². The monoisotopic (exact) mass is 360 g/mol. The van der Waals surface area contributed by atoms with Gasteiger partial charge in [-0.15, -0.1) is 0 Å². The molecule has 25 heavy (non-hydrogen) atoms. The van der Waals surface area contributed by atoms with E-state index < -0.39 is 0 Å². The van der Waals surface area contributed by atoms with Crippen LogP contribution in [-0.2, 0) is 13.0 Å². The molecule has 2 rings (SSSR count). The van der Waals surface area contributed by atoms with E-state index in [2.05, 4.69) is 10.6 Å². The highest BCUT2D eigenvalue weighted by Gasteiger charge is 2.04. The van der Waals surface area contributed by atoms with Crippen molar-refractivity contribution in [2.24, 2.45) is 0 Å². The highest BCUT2D eigenvalue weighted by molar-refractivity contribution is 7.80. The van der Waals surface area contributed by atoms with Crippen molar-refractivity contribution in [2.75, 3.05) is 27.9 Å². The number of nitrogens with one attached hydrogen (secondary N) is 2. The van der Waals surface area contributed by atoms with Gasteiger partial charge in [0.15, 0.2) is 16.6 Å². The van der Waals surface area contributed by atoms with E-state index in [0.29, 0.717) is 11.7 Å². The number of benzene rings is 2. The molecule has 0 bridgehead atoms. The lowest BCUT2D eigenvalue weighted by atomic mass is 10.1. The van der Waals surface area contributed by atoms with Crippen LogP contribution in [0.4, 0.5) is 0 Å². The second kappa shape index (κ2) is 9.74. The first kappa shape index (κ1) is 18.9. The predicted octanol–water partition coefficient (Wildman–Crippen LogP) is 2.92. The second-order valence-electron chi connectivity index (χ2n) is 5.40. The van der Waals surface area contributed by atoms with Gasteiger partial charge in [0.1, 0.15) is 5.75 Å². The van der Waals surface area contributed by atoms with E-state index in [9.17, 15) is 0 Å². The number of rotatable bonds is 8. The lowest BCUT2D eigenvalue weighted by Gasteiger charge is -2.12. The second-order valence-corrected chi connectivity index (χ2v) is 5.81. The molecule has 0 radical (unpaired) electrons. The highest BCUT2D eigenvalue weighted by Crippen LogP contribution is 2.27. The van der Waals surface area contributed by atoms with Crippen molar-refractivity contribution in [3.8, 4) is 17.2 Å². The molecule has 0 aliphatic rings. The molecule has 0 aliphatic carbocycles. The van der Waals surface area contributed by atoms with Crippen molar-refractivity contribution in [1.82, 2.24) is 10.6 Å². The zero-order chi connectivity index (χ0) is 18.1. The molecule has 0 amide bonds. The van der Waals surface area contributed by atoms with Crippen LogP contribution in [-0.4, -0.2) is 33.0 Å². The van der Waals surface area contributed by atoms with E-state index in [1.54, 1.807) is 21.3 Å². The summed E-state index contributed by atoms with van der Waals surface area (Å²) in [5.41, 5.74) is 2.30. The normalized spacial score (nSPS) is 10.0. The predicted molar refractivity (Wildman–Crippen MR) is 104 cm³/mol. The van der Waals surface area contributed by atoms with Crippen LogP contribution >= 0.6 is 12.2 Å². The van der Waals surface area contributed by atoms with Gasteiger partial charge >= 0.3 is 0 Å². The summed E-state index contributed by atoms with van der Waals surface area (Å²) in [6.45, 7) is 1.41. The topological polar surface area (TPSA) is 51.8 Å². The van der Waals surface area contributed by atoms with Gasteiger partial charge in [0.2, 0.25) is 0 Å². The number of hydrogen-bond acceptors (Lipinski definition) is 4. The first-order chi connectivity index (χ1) is 12.2. The fourth-order valence-electron chi connectivity index (χ4n) is 2.34. The molecule has 2 N–H and O–H groups in total. The molecule has 5 nitrogen and oxygen atoms in total. The zero-order valence-electron chi connectivity index (χ0n) is 14.8. The van der Waals surface area contributed by atoms with Crippen LogP contribution < -0.4 is 24.8 Å². The molecular formula is C19H24N2O3S. The summed E-state index contributed by atoms with van der Waals surface area (Å²) in [7, 11) is 4.93. The van der Waals surface area contributed by atoms with E-state index in [-0.39, 0.29) is 0 Å². The summed E-state index contributed by atoms with van der Waals surface area (Å²) in [5, 5.41) is 7.05. The average Bonchev–Trinajstić information content (AvgIpc) is 2.66. The molecule has 0 unspecified atom stereocenters. The Morgan fingerprint density at radius 3 is 2.16 bits per heavy atom. The van der Waals surface area contributed by atoms with Gasteiger partial charge < -0.3 is 24.8 Å². The summed E-state index contributed by atoms with van der Waals surface area (Å²) >= 11 is 5.31. The first-order valence-corrected chi connectivity index (χ1v) is 8.42. The van der Waals surface area contributed by atoms with Crippen molar-refractivity contribution in [1.29, 1.82) is 0 Å². The minimum atomic E-state index is 0.635. The van der Waals surface area contributed by atoms with Gasteiger partial charge in [-0.1, -0.05) is 18.2 Å². The molecular weight excluding hydrogens is 336 g/mol. The smallest absolute Gasteiger partial charge is 0.166 e. The van der Waals surface area contributed by atoms with Gasteiger partial charge in [-0.25, -0.2) is 0 Å². The largest absolute Gasteiger partial charge is 0.497 e. The highest BCUT2D eigenvalue weighted by atomic mass is 32.1. The van der Waals surface area contributed by atoms with Gasteiger partial charge in [-0.3, -0.25) is 0 Å². The van der Waals surface area contributed by atoms with Crippen LogP contribution in [0.2, 0.25) is 0 Å². The Morgan fingerprint density at radius 2 is 1.52 bits per heavy atom. The molecule has 0 heterocycles. The molecule has 0 aliphatic heterocycles. The Hall–Kier alpha value is -2.47. The Bertz CT molecular complexity index is 690. The Morgan fingerprint density at radius 1 is 0.840 bits per heavy atom. The molecule has 6 heteroatoms. The SMILES string of the molecule is COc1ccc(CNC(=S)NCCc2ccc(OC)c(OC)c2)cc1. The van der Waals surface area contributed by atoms with Crippen LogP contribution in [0.3, 0.4) is 0 Å². The van der Waals surface area contributed by atoms with E-state index in [0.717, 1.165) is 41.3 Å². The van der Waals surface area contributed by atoms with Crippen LogP contribution in [0.25, 0.3) is 0 Å². The maximum atomic E-state index is 5.32. The number of ether oxygens (including phenoxy) is 3. The Kier molecular flexibility index (Phi) is 7.35. The maximum Gasteiger partial charge on any atom is 0.166 e. The van der Waals surface area contributed by atoms with Crippen molar-refractivity contribution in [2.45, 2.75) is 13.0 Å². The maximum absolute atomic E-state index is 5.32. The van der Waals surface area contributed by atoms with Crippen LogP contribution in [0.15, 0.2) is 42.5 Å². The van der Waals surface area contributed by atoms with Crippen LogP contribution in [0.5, 0.6) is 17.2 Å². The minimum absolute atomic E-state index is 0.635. The summed E-state index contributed by atoms with van der Waals surface area (Å²) in [5.74, 6) is 2.32. The molecule has 0 atom stereocenters. The molecule has 0 fully saturated rings. The summed E-state index contributed by atoms with van der Waals surface area (Å²) in [6.07, 6.45) is 0.838. The molecule has 2 aromatic rings. The standard InChI is InChI=1S/C19H24N2O3S/c1-22-16-7-4-15(5-8-16)13-21-19(25)20-11-10-14-6-9-17(23-2)18(12-14)24-3/h4-9,12H,10-11,13H2,1-3H3,(H2,20,21,25). The number of thiocarbonyl (C=S) groups is 1. The van der Waals surface area contributed by atoms with Gasteiger partial charge in [-0.05, 0) is 54.0 Å². The quantitative estimate of drug-likeness (QED) is 0.706.